The quantitative estimate of drug-likeness (QED) is 0.610. The summed E-state index contributed by atoms with van der Waals surface area (Å²) in [5, 5.41) is 9.96. The van der Waals surface area contributed by atoms with Crippen molar-refractivity contribution >= 4 is 17.3 Å². The highest BCUT2D eigenvalue weighted by molar-refractivity contribution is 5.95. The number of hydrogen-bond donors (Lipinski definition) is 3. The third kappa shape index (κ3) is 5.16. The standard InChI is InChI=1S/C13H17NO2.C8H9NO.CH4O.5H2/c1-13(2,3)12(15)14-10-5-4-6-11-9(10)7-8-16-11;9-7-2-1-3-8-6(7)4-5-10-8;1-2;;;;;/h4-6H,7-8H2,1-3H3,(H,14,15);1-3H,4-5,9H2;2H,1H3;5*1H. The molecule has 4 rings (SSSR count). The van der Waals surface area contributed by atoms with E-state index < -0.39 is 0 Å². The number of fused-ring (bicyclic) bond motifs is 2. The summed E-state index contributed by atoms with van der Waals surface area (Å²) in [6.45, 7) is 7.20. The van der Waals surface area contributed by atoms with Gasteiger partial charge in [0.2, 0.25) is 5.91 Å². The van der Waals surface area contributed by atoms with Gasteiger partial charge < -0.3 is 25.6 Å². The predicted octanol–water partition coefficient (Wildman–Crippen LogP) is 4.65. The highest BCUT2D eigenvalue weighted by atomic mass is 16.5. The van der Waals surface area contributed by atoms with Crippen LogP contribution >= 0.6 is 0 Å². The van der Waals surface area contributed by atoms with Crippen LogP contribution in [0.2, 0.25) is 0 Å². The van der Waals surface area contributed by atoms with Crippen molar-refractivity contribution in [2.75, 3.05) is 31.4 Å². The molecule has 0 aromatic heterocycles. The Morgan fingerprint density at radius 2 is 1.54 bits per heavy atom. The van der Waals surface area contributed by atoms with E-state index in [0.29, 0.717) is 6.61 Å². The number of ether oxygens (including phenoxy) is 2. The average Bonchev–Trinajstić information content (AvgIpc) is 3.33. The Kier molecular flexibility index (Phi) is 7.29. The second-order valence-electron chi connectivity index (χ2n) is 7.51. The summed E-state index contributed by atoms with van der Waals surface area (Å²) in [6, 6.07) is 11.6. The van der Waals surface area contributed by atoms with Crippen LogP contribution in [-0.2, 0) is 17.6 Å². The number of anilines is 2. The lowest BCUT2D eigenvalue weighted by molar-refractivity contribution is -0.123. The summed E-state index contributed by atoms with van der Waals surface area (Å²) in [5.41, 5.74) is 9.34. The van der Waals surface area contributed by atoms with Crippen LogP contribution < -0.4 is 20.5 Å². The molecule has 0 saturated carbocycles. The summed E-state index contributed by atoms with van der Waals surface area (Å²) < 4.78 is 10.8. The minimum atomic E-state index is -0.373. The molecule has 0 fully saturated rings. The van der Waals surface area contributed by atoms with Gasteiger partial charge in [0.05, 0.1) is 13.2 Å². The minimum absolute atomic E-state index is 0. The van der Waals surface area contributed by atoms with Gasteiger partial charge in [-0.05, 0) is 24.3 Å². The van der Waals surface area contributed by atoms with Gasteiger partial charge in [0.15, 0.2) is 0 Å². The third-order valence-corrected chi connectivity index (χ3v) is 4.45. The maximum absolute atomic E-state index is 11.9. The topological polar surface area (TPSA) is 93.8 Å². The van der Waals surface area contributed by atoms with Crippen molar-refractivity contribution < 1.29 is 26.5 Å². The molecule has 0 atom stereocenters. The Morgan fingerprint density at radius 1 is 1.00 bits per heavy atom. The molecule has 0 spiro atoms. The maximum Gasteiger partial charge on any atom is 0.229 e. The Bertz CT molecular complexity index is 833. The summed E-state index contributed by atoms with van der Waals surface area (Å²) in [4.78, 5) is 11.9. The van der Waals surface area contributed by atoms with Crippen LogP contribution in [0.5, 0.6) is 11.5 Å². The summed E-state index contributed by atoms with van der Waals surface area (Å²) in [5.74, 6) is 1.89. The molecule has 2 heterocycles. The first kappa shape index (κ1) is 21.6. The van der Waals surface area contributed by atoms with Gasteiger partial charge in [-0.3, -0.25) is 4.79 Å². The number of carbonyl (C=O) groups is 1. The number of benzene rings is 2. The second kappa shape index (κ2) is 9.46. The van der Waals surface area contributed by atoms with Gasteiger partial charge in [0.25, 0.3) is 0 Å². The molecular formula is C22H40N2O4. The summed E-state index contributed by atoms with van der Waals surface area (Å²) in [6.07, 6.45) is 1.83. The molecule has 0 radical (unpaired) electrons. The Labute approximate surface area is 174 Å². The van der Waals surface area contributed by atoms with Gasteiger partial charge >= 0.3 is 0 Å². The molecule has 6 heteroatoms. The van der Waals surface area contributed by atoms with Crippen LogP contribution in [0.3, 0.4) is 0 Å². The van der Waals surface area contributed by atoms with E-state index in [4.69, 9.17) is 20.3 Å². The molecule has 0 bridgehead atoms. The lowest BCUT2D eigenvalue weighted by Crippen LogP contribution is -2.27. The molecule has 6 nitrogen and oxygen atoms in total. The van der Waals surface area contributed by atoms with E-state index in [2.05, 4.69) is 5.32 Å². The highest BCUT2D eigenvalue weighted by Crippen LogP contribution is 2.32. The van der Waals surface area contributed by atoms with E-state index in [1.54, 1.807) is 0 Å². The first-order valence-electron chi connectivity index (χ1n) is 9.37. The summed E-state index contributed by atoms with van der Waals surface area (Å²) in [7, 11) is 1.00. The number of rotatable bonds is 1. The van der Waals surface area contributed by atoms with E-state index in [9.17, 15) is 4.79 Å². The molecule has 0 saturated heterocycles. The molecule has 2 aromatic carbocycles. The zero-order chi connectivity index (χ0) is 20.7. The van der Waals surface area contributed by atoms with Crippen LogP contribution in [0, 0.1) is 5.41 Å². The Hall–Kier alpha value is -2.73. The van der Waals surface area contributed by atoms with Crippen LogP contribution in [0.1, 0.15) is 39.0 Å². The van der Waals surface area contributed by atoms with Crippen LogP contribution in [0.25, 0.3) is 0 Å². The van der Waals surface area contributed by atoms with E-state index >= 15 is 0 Å². The monoisotopic (exact) mass is 396 g/mol. The smallest absolute Gasteiger partial charge is 0.229 e. The minimum Gasteiger partial charge on any atom is -0.493 e. The van der Waals surface area contributed by atoms with Gasteiger partial charge in [-0.2, -0.15) is 0 Å². The fourth-order valence-electron chi connectivity index (χ4n) is 2.90. The Balaban J connectivity index is -0.000000219. The number of nitrogens with one attached hydrogen (secondary N) is 1. The molecule has 2 aliphatic heterocycles. The molecule has 162 valence electrons. The number of aliphatic hydroxyl groups is 1. The molecule has 2 aliphatic rings. The lowest BCUT2D eigenvalue weighted by atomic mass is 9.95. The van der Waals surface area contributed by atoms with Crippen LogP contribution in [0.4, 0.5) is 11.4 Å². The van der Waals surface area contributed by atoms with Crippen molar-refractivity contribution in [3.63, 3.8) is 0 Å². The highest BCUT2D eigenvalue weighted by Gasteiger charge is 2.23. The second-order valence-corrected chi connectivity index (χ2v) is 7.51. The number of nitrogens with two attached hydrogens (primary N) is 1. The van der Waals surface area contributed by atoms with Gasteiger partial charge in [0.1, 0.15) is 11.5 Å². The van der Waals surface area contributed by atoms with Crippen LogP contribution in [-0.4, -0.2) is 31.3 Å². The van der Waals surface area contributed by atoms with Gasteiger partial charge in [-0.1, -0.05) is 32.9 Å². The van der Waals surface area contributed by atoms with Crippen molar-refractivity contribution in [3.8, 4) is 11.5 Å². The molecular weight excluding hydrogens is 356 g/mol. The van der Waals surface area contributed by atoms with Gasteiger partial charge in [-0.25, -0.2) is 0 Å². The van der Waals surface area contributed by atoms with Crippen molar-refractivity contribution in [2.45, 2.75) is 33.6 Å². The Morgan fingerprint density at radius 3 is 2.11 bits per heavy atom. The predicted molar refractivity (Wildman–Crippen MR) is 122 cm³/mol. The van der Waals surface area contributed by atoms with E-state index in [1.807, 2.05) is 57.2 Å². The first-order valence-corrected chi connectivity index (χ1v) is 9.37. The van der Waals surface area contributed by atoms with E-state index in [-0.39, 0.29) is 18.5 Å². The third-order valence-electron chi connectivity index (χ3n) is 4.45. The first-order chi connectivity index (χ1) is 13.4. The van der Waals surface area contributed by atoms with E-state index in [0.717, 1.165) is 55.0 Å². The number of hydrogen-bond acceptors (Lipinski definition) is 5. The zero-order valence-electron chi connectivity index (χ0n) is 17.0. The molecule has 4 N–H and O–H groups in total. The number of amides is 1. The van der Waals surface area contributed by atoms with Crippen LogP contribution in [0.15, 0.2) is 36.4 Å². The van der Waals surface area contributed by atoms with Crippen molar-refractivity contribution in [3.05, 3.63) is 47.5 Å². The van der Waals surface area contributed by atoms with Gasteiger partial charge in [-0.15, -0.1) is 0 Å². The average molecular weight is 397 g/mol. The zero-order valence-corrected chi connectivity index (χ0v) is 17.0. The SMILES string of the molecule is CC(C)(C)C(=O)Nc1cccc2c1CCO2.CO.Nc1cccc2c1CCO2.[HH].[HH].[HH].[HH].[HH]. The molecule has 28 heavy (non-hydrogen) atoms. The fourth-order valence-corrected chi connectivity index (χ4v) is 2.90. The van der Waals surface area contributed by atoms with Crippen molar-refractivity contribution in [1.82, 2.24) is 0 Å². The number of aliphatic hydroxyl groups excluding tert-OH is 1. The lowest BCUT2D eigenvalue weighted by Gasteiger charge is -2.18. The molecule has 2 aromatic rings. The molecule has 0 unspecified atom stereocenters. The largest absolute Gasteiger partial charge is 0.493 e. The molecule has 0 aliphatic carbocycles. The number of carbonyl (C=O) groups excluding carboxylic acids is 1. The van der Waals surface area contributed by atoms with Crippen molar-refractivity contribution in [2.24, 2.45) is 5.41 Å². The van der Waals surface area contributed by atoms with E-state index in [1.165, 1.54) is 5.56 Å². The van der Waals surface area contributed by atoms with Crippen molar-refractivity contribution in [1.29, 1.82) is 0 Å². The fraction of sp³-hybridized carbons (Fsp3) is 0.409. The normalized spacial score (nSPS) is 13.5. The molecule has 1 amide bonds. The summed E-state index contributed by atoms with van der Waals surface area (Å²) >= 11 is 0. The van der Waals surface area contributed by atoms with Gasteiger partial charge in [0, 0.05) is 55.0 Å². The number of nitrogen functional groups attached to an aromatic ring is 1. The maximum atomic E-state index is 11.9.